The van der Waals surface area contributed by atoms with Crippen molar-refractivity contribution in [1.29, 1.82) is 0 Å². The Morgan fingerprint density at radius 2 is 2.12 bits per heavy atom. The van der Waals surface area contributed by atoms with Gasteiger partial charge in [0.25, 0.3) is 0 Å². The molecule has 1 fully saturated rings. The number of rotatable bonds is 5. The molecule has 1 aliphatic carbocycles. The summed E-state index contributed by atoms with van der Waals surface area (Å²) >= 11 is 1.64. The zero-order chi connectivity index (χ0) is 17.5. The fourth-order valence-corrected chi connectivity index (χ4v) is 3.40. The van der Waals surface area contributed by atoms with Gasteiger partial charge in [-0.1, -0.05) is 0 Å². The number of anilines is 1. The van der Waals surface area contributed by atoms with E-state index in [9.17, 15) is 0 Å². The van der Waals surface area contributed by atoms with Crippen molar-refractivity contribution in [2.45, 2.75) is 18.9 Å². The van der Waals surface area contributed by atoms with E-state index in [-0.39, 0.29) is 0 Å². The van der Waals surface area contributed by atoms with Gasteiger partial charge >= 0.3 is 0 Å². The minimum Gasteiger partial charge on any atom is -0.481 e. The molecule has 7 nitrogen and oxygen atoms in total. The summed E-state index contributed by atoms with van der Waals surface area (Å²) in [6, 6.07) is 6.25. The maximum absolute atomic E-state index is 5.14. The van der Waals surface area contributed by atoms with Crippen molar-refractivity contribution < 1.29 is 4.74 Å². The summed E-state index contributed by atoms with van der Waals surface area (Å²) in [5.41, 5.74) is 3.46. The van der Waals surface area contributed by atoms with Crippen molar-refractivity contribution in [3.63, 3.8) is 0 Å². The van der Waals surface area contributed by atoms with Crippen LogP contribution in [0.5, 0.6) is 5.88 Å². The van der Waals surface area contributed by atoms with E-state index in [1.165, 1.54) is 0 Å². The number of aromatic nitrogens is 5. The average Bonchev–Trinajstić information content (AvgIpc) is 3.16. The molecule has 0 aliphatic heterocycles. The molecule has 4 aromatic rings. The number of nitrogens with zero attached hydrogens (tertiary/aromatic N) is 5. The van der Waals surface area contributed by atoms with Crippen molar-refractivity contribution in [3.8, 4) is 23.0 Å². The number of hydrogen-bond acceptors (Lipinski definition) is 7. The molecule has 5 rings (SSSR count). The van der Waals surface area contributed by atoms with Crippen molar-refractivity contribution in [3.05, 3.63) is 41.5 Å². The largest absolute Gasteiger partial charge is 0.481 e. The summed E-state index contributed by atoms with van der Waals surface area (Å²) in [7, 11) is 1.60. The fraction of sp³-hybridized carbons (Fsp3) is 0.222. The molecule has 8 heteroatoms. The van der Waals surface area contributed by atoms with Gasteiger partial charge in [-0.3, -0.25) is 4.57 Å². The van der Waals surface area contributed by atoms with E-state index in [1.807, 2.05) is 22.1 Å². The van der Waals surface area contributed by atoms with Crippen molar-refractivity contribution >= 4 is 28.3 Å². The van der Waals surface area contributed by atoms with Gasteiger partial charge in [-0.05, 0) is 30.4 Å². The van der Waals surface area contributed by atoms with Crippen LogP contribution in [0.4, 0.5) is 5.82 Å². The predicted octanol–water partition coefficient (Wildman–Crippen LogP) is 3.52. The van der Waals surface area contributed by atoms with E-state index in [4.69, 9.17) is 14.7 Å². The topological polar surface area (TPSA) is 77.8 Å². The van der Waals surface area contributed by atoms with Gasteiger partial charge in [0.15, 0.2) is 22.8 Å². The molecule has 0 aromatic carbocycles. The molecule has 1 aliphatic rings. The number of nitrogens with one attached hydrogen (secondary N) is 1. The van der Waals surface area contributed by atoms with Gasteiger partial charge in [-0.2, -0.15) is 11.3 Å². The third kappa shape index (κ3) is 2.68. The van der Waals surface area contributed by atoms with Crippen LogP contribution in [0.2, 0.25) is 0 Å². The molecule has 1 saturated carbocycles. The zero-order valence-corrected chi connectivity index (χ0v) is 14.9. The fourth-order valence-electron chi connectivity index (χ4n) is 2.77. The first-order chi connectivity index (χ1) is 12.8. The van der Waals surface area contributed by atoms with E-state index in [1.54, 1.807) is 31.0 Å². The van der Waals surface area contributed by atoms with Crippen LogP contribution in [0.25, 0.3) is 28.2 Å². The maximum Gasteiger partial charge on any atom is 0.212 e. The standard InChI is InChI=1S/C18H16N6OS/c1-25-14-5-2-11(8-19-14)16-22-17(21-12-3-4-12)15-18(23-16)24(10-20-15)13-6-7-26-9-13/h2,5-10,12H,3-4H2,1H3,(H,21,22,23). The van der Waals surface area contributed by atoms with E-state index in [0.29, 0.717) is 17.7 Å². The van der Waals surface area contributed by atoms with Gasteiger partial charge in [0.1, 0.15) is 6.33 Å². The highest BCUT2D eigenvalue weighted by Gasteiger charge is 2.24. The maximum atomic E-state index is 5.14. The molecule has 0 bridgehead atoms. The molecule has 4 heterocycles. The monoisotopic (exact) mass is 364 g/mol. The minimum atomic E-state index is 0.473. The van der Waals surface area contributed by atoms with Gasteiger partial charge in [-0.25, -0.2) is 19.9 Å². The number of pyridine rings is 1. The Balaban J connectivity index is 1.68. The normalized spacial score (nSPS) is 13.9. The first-order valence-electron chi connectivity index (χ1n) is 8.36. The third-order valence-electron chi connectivity index (χ3n) is 4.30. The lowest BCUT2D eigenvalue weighted by molar-refractivity contribution is 0.398. The summed E-state index contributed by atoms with van der Waals surface area (Å²) < 4.78 is 7.13. The molecule has 130 valence electrons. The average molecular weight is 364 g/mol. The van der Waals surface area contributed by atoms with E-state index in [2.05, 4.69) is 26.7 Å². The number of methoxy groups -OCH3 is 1. The highest BCUT2D eigenvalue weighted by atomic mass is 32.1. The Labute approximate surface area is 153 Å². The molecule has 0 amide bonds. The van der Waals surface area contributed by atoms with Crippen molar-refractivity contribution in [2.75, 3.05) is 12.4 Å². The second kappa shape index (κ2) is 6.06. The summed E-state index contributed by atoms with van der Waals surface area (Å²) in [4.78, 5) is 18.3. The number of thiophene rings is 1. The predicted molar refractivity (Wildman–Crippen MR) is 101 cm³/mol. The van der Waals surface area contributed by atoms with Crippen molar-refractivity contribution in [2.24, 2.45) is 0 Å². The van der Waals surface area contributed by atoms with Gasteiger partial charge in [0, 0.05) is 29.2 Å². The van der Waals surface area contributed by atoms with Crippen LogP contribution >= 0.6 is 11.3 Å². The molecule has 0 saturated heterocycles. The molecule has 4 aromatic heterocycles. The van der Waals surface area contributed by atoms with E-state index >= 15 is 0 Å². The van der Waals surface area contributed by atoms with Crippen LogP contribution in [-0.2, 0) is 0 Å². The Morgan fingerprint density at radius 3 is 2.81 bits per heavy atom. The highest BCUT2D eigenvalue weighted by molar-refractivity contribution is 7.08. The number of imidazole rings is 1. The SMILES string of the molecule is COc1ccc(-c2nc(NC3CC3)c3ncn(-c4ccsc4)c3n2)cn1. The van der Waals surface area contributed by atoms with Gasteiger partial charge in [0.05, 0.1) is 12.8 Å². The minimum absolute atomic E-state index is 0.473. The molecule has 0 spiro atoms. The van der Waals surface area contributed by atoms with E-state index in [0.717, 1.165) is 41.1 Å². The number of fused-ring (bicyclic) bond motifs is 1. The highest BCUT2D eigenvalue weighted by Crippen LogP contribution is 2.30. The lowest BCUT2D eigenvalue weighted by atomic mass is 10.2. The molecular weight excluding hydrogens is 348 g/mol. The summed E-state index contributed by atoms with van der Waals surface area (Å²) in [5, 5.41) is 7.60. The van der Waals surface area contributed by atoms with Gasteiger partial charge < -0.3 is 10.1 Å². The second-order valence-electron chi connectivity index (χ2n) is 6.17. The molecule has 0 atom stereocenters. The molecule has 0 unspecified atom stereocenters. The molecule has 26 heavy (non-hydrogen) atoms. The van der Waals surface area contributed by atoms with Crippen LogP contribution < -0.4 is 10.1 Å². The van der Waals surface area contributed by atoms with Crippen LogP contribution in [0.15, 0.2) is 41.5 Å². The summed E-state index contributed by atoms with van der Waals surface area (Å²) in [6.45, 7) is 0. The van der Waals surface area contributed by atoms with Crippen LogP contribution in [0.3, 0.4) is 0 Å². The lowest BCUT2D eigenvalue weighted by Gasteiger charge is -2.09. The van der Waals surface area contributed by atoms with Crippen LogP contribution in [0, 0.1) is 0 Å². The number of hydrogen-bond donors (Lipinski definition) is 1. The second-order valence-corrected chi connectivity index (χ2v) is 6.95. The quantitative estimate of drug-likeness (QED) is 0.584. The van der Waals surface area contributed by atoms with Crippen LogP contribution in [-0.4, -0.2) is 37.7 Å². The van der Waals surface area contributed by atoms with Crippen molar-refractivity contribution in [1.82, 2.24) is 24.5 Å². The van der Waals surface area contributed by atoms with Crippen LogP contribution in [0.1, 0.15) is 12.8 Å². The molecule has 1 N–H and O–H groups in total. The Morgan fingerprint density at radius 1 is 1.19 bits per heavy atom. The summed E-state index contributed by atoms with van der Waals surface area (Å²) in [6.07, 6.45) is 5.86. The Hall–Kier alpha value is -3.00. The Bertz CT molecular complexity index is 1050. The summed E-state index contributed by atoms with van der Waals surface area (Å²) in [5.74, 6) is 1.96. The third-order valence-corrected chi connectivity index (χ3v) is 4.97. The molecular formula is C18H16N6OS. The number of ether oxygens (including phenoxy) is 1. The first kappa shape index (κ1) is 15.3. The van der Waals surface area contributed by atoms with Gasteiger partial charge in [-0.15, -0.1) is 0 Å². The Kier molecular flexibility index (Phi) is 3.56. The zero-order valence-electron chi connectivity index (χ0n) is 14.1. The van der Waals surface area contributed by atoms with E-state index < -0.39 is 0 Å². The van der Waals surface area contributed by atoms with Gasteiger partial charge in [0.2, 0.25) is 5.88 Å². The first-order valence-corrected chi connectivity index (χ1v) is 9.31. The lowest BCUT2D eigenvalue weighted by Crippen LogP contribution is -2.06. The smallest absolute Gasteiger partial charge is 0.212 e. The molecule has 0 radical (unpaired) electrons.